The second kappa shape index (κ2) is 5.28. The lowest BCUT2D eigenvalue weighted by Crippen LogP contribution is -2.33. The number of aromatic nitrogens is 1. The minimum Gasteiger partial charge on any atom is -0.481 e. The van der Waals surface area contributed by atoms with E-state index < -0.39 is 17.9 Å². The molecule has 1 aromatic rings. The molecular formula is C13H18N2O3S. The highest BCUT2D eigenvalue weighted by molar-refractivity contribution is 7.09. The normalized spacial score (nSPS) is 23.4. The first-order chi connectivity index (χ1) is 8.90. The molecule has 1 aromatic heterocycles. The van der Waals surface area contributed by atoms with Gasteiger partial charge in [-0.1, -0.05) is 13.8 Å². The number of amides is 1. The van der Waals surface area contributed by atoms with E-state index in [1.807, 2.05) is 26.2 Å². The zero-order valence-electron chi connectivity index (χ0n) is 11.3. The first kappa shape index (κ1) is 14.0. The molecule has 1 amide bonds. The van der Waals surface area contributed by atoms with Gasteiger partial charge in [0, 0.05) is 24.0 Å². The number of thiazole rings is 1. The maximum Gasteiger partial charge on any atom is 0.309 e. The number of carbonyl (C=O) groups excluding carboxylic acids is 1. The van der Waals surface area contributed by atoms with Crippen molar-refractivity contribution in [3.05, 3.63) is 16.1 Å². The number of hydrogen-bond donors (Lipinski definition) is 1. The molecule has 6 heteroatoms. The lowest BCUT2D eigenvalue weighted by atomic mass is 10.0. The number of carboxylic acids is 1. The summed E-state index contributed by atoms with van der Waals surface area (Å²) in [4.78, 5) is 29.5. The van der Waals surface area contributed by atoms with Crippen LogP contribution in [0.3, 0.4) is 0 Å². The van der Waals surface area contributed by atoms with Crippen LogP contribution in [0.1, 0.15) is 37.0 Å². The number of likely N-dealkylation sites (tertiary alicyclic amines) is 1. The lowest BCUT2D eigenvalue weighted by Gasteiger charge is -2.26. The maximum absolute atomic E-state index is 12.1. The van der Waals surface area contributed by atoms with Gasteiger partial charge < -0.3 is 10.0 Å². The Hall–Kier alpha value is -1.43. The van der Waals surface area contributed by atoms with Crippen molar-refractivity contribution in [2.24, 2.45) is 11.8 Å². The summed E-state index contributed by atoms with van der Waals surface area (Å²) in [6, 6.07) is -0.411. The molecule has 0 radical (unpaired) electrons. The van der Waals surface area contributed by atoms with Gasteiger partial charge in [0.2, 0.25) is 5.91 Å². The fourth-order valence-corrected chi connectivity index (χ4v) is 3.41. The number of hydrogen-bond acceptors (Lipinski definition) is 4. The summed E-state index contributed by atoms with van der Waals surface area (Å²) in [7, 11) is 0. The van der Waals surface area contributed by atoms with Gasteiger partial charge >= 0.3 is 5.97 Å². The van der Waals surface area contributed by atoms with Crippen LogP contribution >= 0.6 is 11.3 Å². The van der Waals surface area contributed by atoms with Gasteiger partial charge in [-0.25, -0.2) is 4.98 Å². The Morgan fingerprint density at radius 2 is 2.32 bits per heavy atom. The summed E-state index contributed by atoms with van der Waals surface area (Å²) in [6.45, 7) is 6.49. The zero-order valence-corrected chi connectivity index (χ0v) is 12.1. The molecule has 1 saturated heterocycles. The molecule has 0 saturated carbocycles. The minimum atomic E-state index is -0.919. The SMILES string of the molecule is Cc1csc(C2C(C(=O)O)CC(=O)N2CC(C)C)n1. The summed E-state index contributed by atoms with van der Waals surface area (Å²) in [5, 5.41) is 11.9. The molecule has 0 aromatic carbocycles. The van der Waals surface area contributed by atoms with Gasteiger partial charge in [0.05, 0.1) is 12.0 Å². The average Bonchev–Trinajstić information content (AvgIpc) is 2.84. The van der Waals surface area contributed by atoms with E-state index in [1.54, 1.807) is 4.90 Å². The highest BCUT2D eigenvalue weighted by Gasteiger charge is 2.46. The van der Waals surface area contributed by atoms with E-state index in [1.165, 1.54) is 11.3 Å². The van der Waals surface area contributed by atoms with Gasteiger partial charge in [-0.15, -0.1) is 11.3 Å². The van der Waals surface area contributed by atoms with Crippen molar-refractivity contribution in [3.63, 3.8) is 0 Å². The molecular weight excluding hydrogens is 264 g/mol. The fourth-order valence-electron chi connectivity index (χ4n) is 2.43. The fraction of sp³-hybridized carbons (Fsp3) is 0.615. The first-order valence-electron chi connectivity index (χ1n) is 6.34. The van der Waals surface area contributed by atoms with Crippen LogP contribution in [0.2, 0.25) is 0 Å². The molecule has 2 atom stereocenters. The predicted octanol–water partition coefficient (Wildman–Crippen LogP) is 2.08. The Balaban J connectivity index is 2.35. The largest absolute Gasteiger partial charge is 0.481 e. The maximum atomic E-state index is 12.1. The van der Waals surface area contributed by atoms with Crippen LogP contribution in [0.5, 0.6) is 0 Å². The third-order valence-corrected chi connectivity index (χ3v) is 4.23. The van der Waals surface area contributed by atoms with E-state index >= 15 is 0 Å². The van der Waals surface area contributed by atoms with E-state index in [0.717, 1.165) is 10.7 Å². The molecule has 1 N–H and O–H groups in total. The predicted molar refractivity (Wildman–Crippen MR) is 71.9 cm³/mol. The number of nitrogens with zero attached hydrogens (tertiary/aromatic N) is 2. The van der Waals surface area contributed by atoms with Crippen molar-refractivity contribution in [2.45, 2.75) is 33.2 Å². The summed E-state index contributed by atoms with van der Waals surface area (Å²) in [5.74, 6) is -1.38. The molecule has 5 nitrogen and oxygen atoms in total. The van der Waals surface area contributed by atoms with Gasteiger partial charge in [0.1, 0.15) is 5.01 Å². The number of rotatable bonds is 4. The Labute approximate surface area is 116 Å². The molecule has 0 aliphatic carbocycles. The second-order valence-electron chi connectivity index (χ2n) is 5.36. The van der Waals surface area contributed by atoms with Crippen molar-refractivity contribution in [2.75, 3.05) is 6.54 Å². The molecule has 2 rings (SSSR count). The molecule has 19 heavy (non-hydrogen) atoms. The van der Waals surface area contributed by atoms with Crippen molar-refractivity contribution in [1.29, 1.82) is 0 Å². The summed E-state index contributed by atoms with van der Waals surface area (Å²) in [6.07, 6.45) is 0.0747. The molecule has 0 spiro atoms. The molecule has 0 bridgehead atoms. The monoisotopic (exact) mass is 282 g/mol. The highest BCUT2D eigenvalue weighted by atomic mass is 32.1. The summed E-state index contributed by atoms with van der Waals surface area (Å²) in [5.41, 5.74) is 0.869. The van der Waals surface area contributed by atoms with Crippen molar-refractivity contribution in [1.82, 2.24) is 9.88 Å². The average molecular weight is 282 g/mol. The van der Waals surface area contributed by atoms with Gasteiger partial charge in [0.15, 0.2) is 0 Å². The van der Waals surface area contributed by atoms with Gasteiger partial charge in [-0.05, 0) is 12.8 Å². The third kappa shape index (κ3) is 2.78. The number of carbonyl (C=O) groups is 2. The summed E-state index contributed by atoms with van der Waals surface area (Å²) < 4.78 is 0. The minimum absolute atomic E-state index is 0.0747. The van der Waals surface area contributed by atoms with Crippen LogP contribution in [-0.2, 0) is 9.59 Å². The number of aliphatic carboxylic acids is 1. The lowest BCUT2D eigenvalue weighted by molar-refractivity contribution is -0.142. The number of aryl methyl sites for hydroxylation is 1. The zero-order chi connectivity index (χ0) is 14.2. The van der Waals surface area contributed by atoms with Crippen molar-refractivity contribution in [3.8, 4) is 0 Å². The van der Waals surface area contributed by atoms with Crippen molar-refractivity contribution >= 4 is 23.2 Å². The number of carboxylic acid groups (broad SMARTS) is 1. The van der Waals surface area contributed by atoms with E-state index in [-0.39, 0.29) is 12.3 Å². The molecule has 2 heterocycles. The highest BCUT2D eigenvalue weighted by Crippen LogP contribution is 2.39. The molecule has 2 unspecified atom stereocenters. The Kier molecular flexibility index (Phi) is 3.89. The van der Waals surface area contributed by atoms with Crippen LogP contribution in [0, 0.1) is 18.8 Å². The topological polar surface area (TPSA) is 70.5 Å². The molecule has 104 valence electrons. The standard InChI is InChI=1S/C13H18N2O3S/c1-7(2)5-15-10(16)4-9(13(17)18)11(15)12-14-8(3)6-19-12/h6-7,9,11H,4-5H2,1-3H3,(H,17,18). The quantitative estimate of drug-likeness (QED) is 0.918. The van der Waals surface area contributed by atoms with Crippen molar-refractivity contribution < 1.29 is 14.7 Å². The van der Waals surface area contributed by atoms with Gasteiger partial charge in [-0.2, -0.15) is 0 Å². The summed E-state index contributed by atoms with van der Waals surface area (Å²) >= 11 is 1.43. The van der Waals surface area contributed by atoms with E-state index in [4.69, 9.17) is 0 Å². The molecule has 1 aliphatic rings. The Bertz CT molecular complexity index is 498. The third-order valence-electron chi connectivity index (χ3n) is 3.20. The Morgan fingerprint density at radius 3 is 2.79 bits per heavy atom. The molecule has 1 aliphatic heterocycles. The Morgan fingerprint density at radius 1 is 1.63 bits per heavy atom. The van der Waals surface area contributed by atoms with Crippen LogP contribution in [0.15, 0.2) is 5.38 Å². The van der Waals surface area contributed by atoms with Crippen LogP contribution in [0.25, 0.3) is 0 Å². The van der Waals surface area contributed by atoms with Gasteiger partial charge in [0.25, 0.3) is 0 Å². The first-order valence-corrected chi connectivity index (χ1v) is 7.22. The van der Waals surface area contributed by atoms with Gasteiger partial charge in [-0.3, -0.25) is 9.59 Å². The van der Waals surface area contributed by atoms with E-state index in [2.05, 4.69) is 4.98 Å². The molecule has 1 fully saturated rings. The van der Waals surface area contributed by atoms with E-state index in [0.29, 0.717) is 12.5 Å². The van der Waals surface area contributed by atoms with Crippen LogP contribution in [0.4, 0.5) is 0 Å². The second-order valence-corrected chi connectivity index (χ2v) is 6.25. The smallest absolute Gasteiger partial charge is 0.309 e. The van der Waals surface area contributed by atoms with E-state index in [9.17, 15) is 14.7 Å². The van der Waals surface area contributed by atoms with Crippen LogP contribution < -0.4 is 0 Å². The van der Waals surface area contributed by atoms with Crippen LogP contribution in [-0.4, -0.2) is 33.4 Å².